The summed E-state index contributed by atoms with van der Waals surface area (Å²) < 4.78 is 0. The minimum atomic E-state index is 0.894. The maximum absolute atomic E-state index is 5.31. The fourth-order valence-electron chi connectivity index (χ4n) is 1.57. The number of nitrogens with two attached hydrogens (primary N) is 2. The van der Waals surface area contributed by atoms with E-state index in [9.17, 15) is 0 Å². The summed E-state index contributed by atoms with van der Waals surface area (Å²) in [6.45, 7) is 0. The number of hydrogen-bond donors (Lipinski definition) is 4. The topological polar surface area (TPSA) is 76.1 Å². The van der Waals surface area contributed by atoms with E-state index in [4.69, 9.17) is 11.7 Å². The average molecular weight is 240 g/mol. The van der Waals surface area contributed by atoms with Crippen molar-refractivity contribution in [3.8, 4) is 0 Å². The molecule has 2 rings (SSSR count). The summed E-state index contributed by atoms with van der Waals surface area (Å²) in [6, 6.07) is 15.7. The molecule has 0 aliphatic carbocycles. The van der Waals surface area contributed by atoms with Crippen LogP contribution in [0.15, 0.2) is 48.5 Å². The third-order valence-corrected chi connectivity index (χ3v) is 2.62. The summed E-state index contributed by atoms with van der Waals surface area (Å²) in [5, 5.41) is 0. The number of anilines is 2. The summed E-state index contributed by atoms with van der Waals surface area (Å²) in [4.78, 5) is 0. The Balaban J connectivity index is 2.08. The van der Waals surface area contributed by atoms with E-state index in [0.29, 0.717) is 0 Å². The summed E-state index contributed by atoms with van der Waals surface area (Å²) >= 11 is 0. The van der Waals surface area contributed by atoms with Crippen molar-refractivity contribution in [1.29, 1.82) is 0 Å². The Morgan fingerprint density at radius 3 is 1.22 bits per heavy atom. The molecule has 0 heterocycles. The molecular weight excluding hydrogens is 224 g/mol. The second-order valence-corrected chi connectivity index (χ2v) is 3.87. The standard InChI is InChI=1S/C14H16N4/c15-17-13-7-3-11(4-8-13)1-2-12-5-9-14(18-16)10-6-12/h1-10,17-18H,15-16H2. The van der Waals surface area contributed by atoms with Crippen LogP contribution in [0.4, 0.5) is 11.4 Å². The zero-order chi connectivity index (χ0) is 12.8. The zero-order valence-electron chi connectivity index (χ0n) is 9.93. The molecule has 18 heavy (non-hydrogen) atoms. The van der Waals surface area contributed by atoms with Crippen LogP contribution in [0.1, 0.15) is 11.1 Å². The van der Waals surface area contributed by atoms with Crippen LogP contribution in [0, 0.1) is 0 Å². The quantitative estimate of drug-likeness (QED) is 0.376. The van der Waals surface area contributed by atoms with Gasteiger partial charge in [0, 0.05) is 11.4 Å². The molecule has 0 fully saturated rings. The van der Waals surface area contributed by atoms with Gasteiger partial charge in [0.05, 0.1) is 0 Å². The molecule has 0 aliphatic heterocycles. The lowest BCUT2D eigenvalue weighted by Gasteiger charge is -2.00. The minimum absolute atomic E-state index is 0.894. The van der Waals surface area contributed by atoms with Crippen LogP contribution >= 0.6 is 0 Å². The lowest BCUT2D eigenvalue weighted by molar-refractivity contribution is 1.35. The Bertz CT molecular complexity index is 465. The first-order valence-electron chi connectivity index (χ1n) is 5.63. The van der Waals surface area contributed by atoms with Crippen LogP contribution in [0.5, 0.6) is 0 Å². The molecule has 0 amide bonds. The second kappa shape index (κ2) is 5.86. The number of rotatable bonds is 4. The van der Waals surface area contributed by atoms with Gasteiger partial charge < -0.3 is 10.9 Å². The third-order valence-electron chi connectivity index (χ3n) is 2.62. The van der Waals surface area contributed by atoms with Crippen LogP contribution in [-0.4, -0.2) is 0 Å². The minimum Gasteiger partial charge on any atom is -0.324 e. The molecule has 6 N–H and O–H groups in total. The van der Waals surface area contributed by atoms with Crippen molar-refractivity contribution in [2.75, 3.05) is 10.9 Å². The van der Waals surface area contributed by atoms with Gasteiger partial charge in [-0.05, 0) is 35.4 Å². The molecule has 4 heteroatoms. The van der Waals surface area contributed by atoms with Gasteiger partial charge in [-0.1, -0.05) is 36.4 Å². The largest absolute Gasteiger partial charge is 0.324 e. The SMILES string of the molecule is NNc1ccc(C=Cc2ccc(NN)cc2)cc1. The number of benzene rings is 2. The molecule has 0 radical (unpaired) electrons. The van der Waals surface area contributed by atoms with Crippen LogP contribution in [0.3, 0.4) is 0 Å². The van der Waals surface area contributed by atoms with Crippen molar-refractivity contribution in [2.45, 2.75) is 0 Å². The van der Waals surface area contributed by atoms with Crippen molar-refractivity contribution in [3.63, 3.8) is 0 Å². The summed E-state index contributed by atoms with van der Waals surface area (Å²) in [6.07, 6.45) is 4.09. The highest BCUT2D eigenvalue weighted by Gasteiger charge is 1.91. The molecule has 0 aromatic heterocycles. The normalized spacial score (nSPS) is 10.6. The van der Waals surface area contributed by atoms with E-state index in [0.717, 1.165) is 22.5 Å². The number of nitrogens with one attached hydrogen (secondary N) is 2. The molecule has 0 spiro atoms. The van der Waals surface area contributed by atoms with E-state index in [2.05, 4.69) is 10.9 Å². The molecule has 0 unspecified atom stereocenters. The maximum atomic E-state index is 5.31. The van der Waals surface area contributed by atoms with Crippen molar-refractivity contribution in [2.24, 2.45) is 11.7 Å². The monoisotopic (exact) mass is 240 g/mol. The van der Waals surface area contributed by atoms with E-state index < -0.39 is 0 Å². The van der Waals surface area contributed by atoms with Gasteiger partial charge >= 0.3 is 0 Å². The average Bonchev–Trinajstić information content (AvgIpc) is 2.46. The molecule has 92 valence electrons. The predicted molar refractivity (Wildman–Crippen MR) is 77.4 cm³/mol. The van der Waals surface area contributed by atoms with Gasteiger partial charge in [0.15, 0.2) is 0 Å². The molecular formula is C14H16N4. The number of hydrazine groups is 2. The smallest absolute Gasteiger partial charge is 0.0485 e. The van der Waals surface area contributed by atoms with Gasteiger partial charge in [-0.25, -0.2) is 0 Å². The number of nitrogen functional groups attached to an aromatic ring is 2. The number of hydrogen-bond acceptors (Lipinski definition) is 4. The molecule has 0 aliphatic rings. The van der Waals surface area contributed by atoms with E-state index in [1.54, 1.807) is 0 Å². The van der Waals surface area contributed by atoms with Gasteiger partial charge in [0.25, 0.3) is 0 Å². The van der Waals surface area contributed by atoms with Crippen molar-refractivity contribution in [3.05, 3.63) is 59.7 Å². The highest BCUT2D eigenvalue weighted by molar-refractivity contribution is 5.71. The highest BCUT2D eigenvalue weighted by Crippen LogP contribution is 2.13. The molecule has 0 atom stereocenters. The fraction of sp³-hybridized carbons (Fsp3) is 0. The highest BCUT2D eigenvalue weighted by atomic mass is 15.2. The fourth-order valence-corrected chi connectivity index (χ4v) is 1.57. The van der Waals surface area contributed by atoms with E-state index in [-0.39, 0.29) is 0 Å². The van der Waals surface area contributed by atoms with Crippen LogP contribution in [0.2, 0.25) is 0 Å². The van der Waals surface area contributed by atoms with Crippen molar-refractivity contribution >= 4 is 23.5 Å². The van der Waals surface area contributed by atoms with Crippen LogP contribution in [0.25, 0.3) is 12.2 Å². The Labute approximate surface area is 106 Å². The summed E-state index contributed by atoms with van der Waals surface area (Å²) in [5.74, 6) is 10.6. The Morgan fingerprint density at radius 1 is 0.611 bits per heavy atom. The zero-order valence-corrected chi connectivity index (χ0v) is 9.93. The lowest BCUT2D eigenvalue weighted by atomic mass is 10.1. The van der Waals surface area contributed by atoms with Crippen LogP contribution in [-0.2, 0) is 0 Å². The summed E-state index contributed by atoms with van der Waals surface area (Å²) in [5.41, 5.74) is 9.22. The van der Waals surface area contributed by atoms with Gasteiger partial charge in [0.1, 0.15) is 0 Å². The molecule has 4 nitrogen and oxygen atoms in total. The van der Waals surface area contributed by atoms with Gasteiger partial charge in [0.2, 0.25) is 0 Å². The van der Waals surface area contributed by atoms with Crippen molar-refractivity contribution in [1.82, 2.24) is 0 Å². The van der Waals surface area contributed by atoms with Gasteiger partial charge in [-0.15, -0.1) is 0 Å². The summed E-state index contributed by atoms with van der Waals surface area (Å²) in [7, 11) is 0. The molecule has 0 bridgehead atoms. The third kappa shape index (κ3) is 3.10. The Morgan fingerprint density at radius 2 is 0.944 bits per heavy atom. The molecule has 2 aromatic carbocycles. The van der Waals surface area contributed by atoms with E-state index >= 15 is 0 Å². The first-order chi connectivity index (χ1) is 8.81. The van der Waals surface area contributed by atoms with E-state index in [1.807, 2.05) is 60.7 Å². The second-order valence-electron chi connectivity index (χ2n) is 3.87. The first-order valence-corrected chi connectivity index (χ1v) is 5.63. The predicted octanol–water partition coefficient (Wildman–Crippen LogP) is 2.43. The Kier molecular flexibility index (Phi) is 3.96. The van der Waals surface area contributed by atoms with Gasteiger partial charge in [-0.3, -0.25) is 11.7 Å². The molecule has 0 saturated carbocycles. The first kappa shape index (κ1) is 12.2. The Hall–Kier alpha value is -2.30. The van der Waals surface area contributed by atoms with Crippen LogP contribution < -0.4 is 22.5 Å². The maximum Gasteiger partial charge on any atom is 0.0485 e. The van der Waals surface area contributed by atoms with Gasteiger partial charge in [-0.2, -0.15) is 0 Å². The lowest BCUT2D eigenvalue weighted by Crippen LogP contribution is -2.06. The van der Waals surface area contributed by atoms with Crippen molar-refractivity contribution < 1.29 is 0 Å². The van der Waals surface area contributed by atoms with E-state index in [1.165, 1.54) is 0 Å². The molecule has 0 saturated heterocycles. The molecule has 2 aromatic rings.